The van der Waals surface area contributed by atoms with Crippen LogP contribution in [0.3, 0.4) is 0 Å². The van der Waals surface area contributed by atoms with Crippen molar-refractivity contribution in [1.82, 2.24) is 4.90 Å². The highest BCUT2D eigenvalue weighted by molar-refractivity contribution is 5.62. The normalized spacial score (nSPS) is 23.1. The number of methoxy groups -OCH3 is 1. The van der Waals surface area contributed by atoms with Crippen LogP contribution in [0.1, 0.15) is 51.1 Å². The molecule has 0 aliphatic carbocycles. The predicted octanol–water partition coefficient (Wildman–Crippen LogP) is 4.86. The average Bonchev–Trinajstić information content (AvgIpc) is 3.30. The number of fused-ring (bicyclic) bond motifs is 1. The summed E-state index contributed by atoms with van der Waals surface area (Å²) in [7, 11) is 1.79. The van der Waals surface area contributed by atoms with Crippen LogP contribution < -0.4 is 9.64 Å². The van der Waals surface area contributed by atoms with Crippen LogP contribution >= 0.6 is 0 Å². The smallest absolute Gasteiger partial charge is 0.143 e. The van der Waals surface area contributed by atoms with E-state index in [1.54, 1.807) is 7.11 Å². The van der Waals surface area contributed by atoms with Crippen LogP contribution in [-0.4, -0.2) is 55.2 Å². The van der Waals surface area contributed by atoms with Crippen molar-refractivity contribution in [1.29, 1.82) is 0 Å². The standard InChI is InChI=1S/C27H38N2O3/c1-20(2)10-9-14-24(28-17-16-22(18-28)31-3)27(30)29-23-13-7-8-15-26(23)32-19-25(29)21-11-5-4-6-12-21/h4-8,11-13,15,20,22,24-25,27,30H,9-10,14,16-19H2,1-3H3. The highest BCUT2D eigenvalue weighted by Gasteiger charge is 2.40. The van der Waals surface area contributed by atoms with Crippen molar-refractivity contribution in [3.05, 3.63) is 60.2 Å². The Hall–Kier alpha value is -2.08. The molecular weight excluding hydrogens is 400 g/mol. The molecule has 1 saturated heterocycles. The first kappa shape index (κ1) is 23.1. The second-order valence-corrected chi connectivity index (χ2v) is 9.56. The summed E-state index contributed by atoms with van der Waals surface area (Å²) in [6.45, 7) is 6.90. The van der Waals surface area contributed by atoms with Gasteiger partial charge in [0.05, 0.1) is 23.9 Å². The summed E-state index contributed by atoms with van der Waals surface area (Å²) in [4.78, 5) is 4.65. The topological polar surface area (TPSA) is 45.2 Å². The van der Waals surface area contributed by atoms with Gasteiger partial charge in [-0.05, 0) is 36.5 Å². The van der Waals surface area contributed by atoms with Gasteiger partial charge in [-0.2, -0.15) is 0 Å². The molecule has 0 spiro atoms. The highest BCUT2D eigenvalue weighted by atomic mass is 16.5. The molecule has 2 aromatic rings. The third-order valence-corrected chi connectivity index (χ3v) is 6.95. The van der Waals surface area contributed by atoms with Crippen LogP contribution in [0.2, 0.25) is 0 Å². The monoisotopic (exact) mass is 438 g/mol. The summed E-state index contributed by atoms with van der Waals surface area (Å²) in [6.07, 6.45) is 3.88. The van der Waals surface area contributed by atoms with E-state index >= 15 is 0 Å². The zero-order valence-electron chi connectivity index (χ0n) is 19.7. The molecule has 0 aromatic heterocycles. The van der Waals surface area contributed by atoms with Gasteiger partial charge in [-0.15, -0.1) is 0 Å². The van der Waals surface area contributed by atoms with E-state index in [9.17, 15) is 5.11 Å². The van der Waals surface area contributed by atoms with Gasteiger partial charge in [-0.25, -0.2) is 0 Å². The Kier molecular flexibility index (Phi) is 7.71. The van der Waals surface area contributed by atoms with E-state index in [2.05, 4.69) is 54.0 Å². The van der Waals surface area contributed by atoms with Crippen molar-refractivity contribution in [2.24, 2.45) is 5.92 Å². The predicted molar refractivity (Wildman–Crippen MR) is 129 cm³/mol. The summed E-state index contributed by atoms with van der Waals surface area (Å²) in [5.41, 5.74) is 2.13. The molecule has 2 aliphatic rings. The lowest BCUT2D eigenvalue weighted by atomic mass is 9.97. The number of nitrogens with zero attached hydrogens (tertiary/aromatic N) is 2. The Morgan fingerprint density at radius 2 is 1.81 bits per heavy atom. The highest BCUT2D eigenvalue weighted by Crippen LogP contribution is 2.41. The minimum atomic E-state index is -0.631. The van der Waals surface area contributed by atoms with Crippen LogP contribution in [0.5, 0.6) is 5.75 Å². The molecule has 0 amide bonds. The van der Waals surface area contributed by atoms with Crippen molar-refractivity contribution in [2.75, 3.05) is 31.7 Å². The van der Waals surface area contributed by atoms with E-state index in [1.807, 2.05) is 24.3 Å². The fourth-order valence-corrected chi connectivity index (χ4v) is 5.16. The third-order valence-electron chi connectivity index (χ3n) is 6.95. The van der Waals surface area contributed by atoms with Gasteiger partial charge in [0.2, 0.25) is 0 Å². The number of aliphatic hydroxyl groups is 1. The maximum atomic E-state index is 12.0. The van der Waals surface area contributed by atoms with Gasteiger partial charge in [0.15, 0.2) is 0 Å². The van der Waals surface area contributed by atoms with E-state index in [1.165, 1.54) is 6.42 Å². The molecule has 2 heterocycles. The number of hydrogen-bond acceptors (Lipinski definition) is 5. The maximum absolute atomic E-state index is 12.0. The molecule has 2 aromatic carbocycles. The van der Waals surface area contributed by atoms with Crippen molar-refractivity contribution < 1.29 is 14.6 Å². The number of ether oxygens (including phenoxy) is 2. The molecule has 5 heteroatoms. The number of likely N-dealkylation sites (tertiary alicyclic amines) is 1. The molecule has 2 aliphatic heterocycles. The Morgan fingerprint density at radius 1 is 1.06 bits per heavy atom. The summed E-state index contributed by atoms with van der Waals surface area (Å²) >= 11 is 0. The van der Waals surface area contributed by atoms with Gasteiger partial charge < -0.3 is 19.5 Å². The number of rotatable bonds is 9. The van der Waals surface area contributed by atoms with Gasteiger partial charge in [-0.3, -0.25) is 4.90 Å². The Labute approximate surface area is 192 Å². The van der Waals surface area contributed by atoms with Gasteiger partial charge in [0.1, 0.15) is 18.6 Å². The fraction of sp³-hybridized carbons (Fsp3) is 0.556. The summed E-state index contributed by atoms with van der Waals surface area (Å²) < 4.78 is 11.8. The van der Waals surface area contributed by atoms with E-state index in [0.717, 1.165) is 49.4 Å². The lowest BCUT2D eigenvalue weighted by Gasteiger charge is -2.46. The second kappa shape index (κ2) is 10.7. The molecule has 0 bridgehead atoms. The Balaban J connectivity index is 1.66. The number of benzene rings is 2. The Morgan fingerprint density at radius 3 is 2.53 bits per heavy atom. The molecule has 4 unspecified atom stereocenters. The van der Waals surface area contributed by atoms with Gasteiger partial charge in [0, 0.05) is 20.2 Å². The molecule has 32 heavy (non-hydrogen) atoms. The second-order valence-electron chi connectivity index (χ2n) is 9.56. The zero-order valence-corrected chi connectivity index (χ0v) is 19.7. The first-order chi connectivity index (χ1) is 15.6. The van der Waals surface area contributed by atoms with Crippen molar-refractivity contribution in [3.63, 3.8) is 0 Å². The summed E-state index contributed by atoms with van der Waals surface area (Å²) in [6, 6.07) is 18.5. The van der Waals surface area contributed by atoms with E-state index in [0.29, 0.717) is 12.5 Å². The van der Waals surface area contributed by atoms with E-state index < -0.39 is 6.23 Å². The van der Waals surface area contributed by atoms with Gasteiger partial charge in [0.25, 0.3) is 0 Å². The molecule has 1 fully saturated rings. The van der Waals surface area contributed by atoms with E-state index in [-0.39, 0.29) is 18.2 Å². The number of hydrogen-bond donors (Lipinski definition) is 1. The van der Waals surface area contributed by atoms with Crippen molar-refractivity contribution >= 4 is 5.69 Å². The first-order valence-corrected chi connectivity index (χ1v) is 12.1. The molecular formula is C27H38N2O3. The minimum Gasteiger partial charge on any atom is -0.489 e. The summed E-state index contributed by atoms with van der Waals surface area (Å²) in [5, 5.41) is 12.0. The van der Waals surface area contributed by atoms with Crippen LogP contribution in [0.25, 0.3) is 0 Å². The van der Waals surface area contributed by atoms with Gasteiger partial charge in [-0.1, -0.05) is 69.2 Å². The van der Waals surface area contributed by atoms with Gasteiger partial charge >= 0.3 is 0 Å². The summed E-state index contributed by atoms with van der Waals surface area (Å²) in [5.74, 6) is 1.51. The lowest BCUT2D eigenvalue weighted by molar-refractivity contribution is 0.0283. The molecule has 1 N–H and O–H groups in total. The minimum absolute atomic E-state index is 0.0328. The molecule has 0 saturated carbocycles. The molecule has 0 radical (unpaired) electrons. The quantitative estimate of drug-likeness (QED) is 0.606. The maximum Gasteiger partial charge on any atom is 0.143 e. The zero-order chi connectivity index (χ0) is 22.5. The number of para-hydroxylation sites is 2. The van der Waals surface area contributed by atoms with Crippen molar-refractivity contribution in [3.8, 4) is 5.75 Å². The molecule has 5 nitrogen and oxygen atoms in total. The fourth-order valence-electron chi connectivity index (χ4n) is 5.16. The van der Waals surface area contributed by atoms with Crippen LogP contribution in [0.15, 0.2) is 54.6 Å². The van der Waals surface area contributed by atoms with Crippen molar-refractivity contribution in [2.45, 2.75) is 63.9 Å². The average molecular weight is 439 g/mol. The lowest BCUT2D eigenvalue weighted by Crippen LogP contribution is -2.54. The Bertz CT molecular complexity index is 844. The SMILES string of the molecule is COC1CCN(C(CCCC(C)C)C(O)N2c3ccccc3OCC2c2ccccc2)C1. The number of anilines is 1. The molecule has 4 atom stereocenters. The number of aliphatic hydroxyl groups excluding tert-OH is 1. The van der Waals surface area contributed by atoms with E-state index in [4.69, 9.17) is 9.47 Å². The molecule has 174 valence electrons. The first-order valence-electron chi connectivity index (χ1n) is 12.1. The third kappa shape index (κ3) is 5.11. The largest absolute Gasteiger partial charge is 0.489 e. The van der Waals surface area contributed by atoms with Crippen LogP contribution in [0, 0.1) is 5.92 Å². The van der Waals surface area contributed by atoms with Crippen LogP contribution in [-0.2, 0) is 4.74 Å². The molecule has 4 rings (SSSR count). The van der Waals surface area contributed by atoms with Crippen LogP contribution in [0.4, 0.5) is 5.69 Å².